The molecule has 0 spiro atoms. The Morgan fingerprint density at radius 3 is 2.11 bits per heavy atom. The van der Waals surface area contributed by atoms with Crippen molar-refractivity contribution >= 4 is 0 Å². The lowest BCUT2D eigenvalue weighted by Crippen LogP contribution is -2.33. The van der Waals surface area contributed by atoms with Crippen LogP contribution in [0.4, 0.5) is 0 Å². The molecule has 102 valence electrons. The highest BCUT2D eigenvalue weighted by molar-refractivity contribution is 5.31. The zero-order chi connectivity index (χ0) is 13.9. The molecule has 1 atom stereocenters. The van der Waals surface area contributed by atoms with Crippen molar-refractivity contribution in [1.29, 1.82) is 5.26 Å². The average Bonchev–Trinajstić information content (AvgIpc) is 2.40. The van der Waals surface area contributed by atoms with Crippen LogP contribution in [-0.4, -0.2) is 18.0 Å². The molecule has 1 aliphatic rings. The lowest BCUT2D eigenvalue weighted by molar-refractivity contribution is 0.196. The molecule has 0 N–H and O–H groups in total. The van der Waals surface area contributed by atoms with Crippen LogP contribution in [0.15, 0.2) is 24.3 Å². The fraction of sp³-hybridized carbons (Fsp3) is 0.588. The molecule has 19 heavy (non-hydrogen) atoms. The minimum Gasteiger partial charge on any atom is -0.284 e. The van der Waals surface area contributed by atoms with Gasteiger partial charge in [-0.15, -0.1) is 0 Å². The minimum absolute atomic E-state index is 0.0747. The molecule has 1 unspecified atom stereocenters. The second-order valence-corrected chi connectivity index (χ2v) is 6.50. The van der Waals surface area contributed by atoms with Crippen LogP contribution >= 0.6 is 0 Å². The quantitative estimate of drug-likeness (QED) is 0.798. The lowest BCUT2D eigenvalue weighted by Gasteiger charge is -2.31. The molecule has 0 amide bonds. The van der Waals surface area contributed by atoms with Crippen molar-refractivity contribution < 1.29 is 0 Å². The second-order valence-electron chi connectivity index (χ2n) is 6.50. The fourth-order valence-electron chi connectivity index (χ4n) is 2.71. The summed E-state index contributed by atoms with van der Waals surface area (Å²) in [6, 6.07) is 11.0. The summed E-state index contributed by atoms with van der Waals surface area (Å²) >= 11 is 0. The predicted octanol–water partition coefficient (Wildman–Crippen LogP) is 4.03. The van der Waals surface area contributed by atoms with Gasteiger partial charge in [0, 0.05) is 0 Å². The number of hydrogen-bond acceptors (Lipinski definition) is 2. The Labute approximate surface area is 117 Å². The monoisotopic (exact) mass is 256 g/mol. The molecule has 1 fully saturated rings. The number of benzene rings is 1. The van der Waals surface area contributed by atoms with Crippen molar-refractivity contribution in [3.63, 3.8) is 0 Å². The van der Waals surface area contributed by atoms with E-state index in [1.165, 1.54) is 24.8 Å². The molecular formula is C17H24N2. The molecule has 1 saturated heterocycles. The van der Waals surface area contributed by atoms with Crippen molar-refractivity contribution in [2.45, 2.75) is 51.5 Å². The Morgan fingerprint density at radius 1 is 1.05 bits per heavy atom. The van der Waals surface area contributed by atoms with Gasteiger partial charge in [-0.2, -0.15) is 5.26 Å². The van der Waals surface area contributed by atoms with E-state index in [1.807, 2.05) is 0 Å². The third-order valence-electron chi connectivity index (χ3n) is 3.97. The maximum absolute atomic E-state index is 9.47. The number of piperidine rings is 1. The molecule has 0 bridgehead atoms. The van der Waals surface area contributed by atoms with E-state index in [-0.39, 0.29) is 11.5 Å². The summed E-state index contributed by atoms with van der Waals surface area (Å²) < 4.78 is 0. The second kappa shape index (κ2) is 5.75. The van der Waals surface area contributed by atoms with Gasteiger partial charge < -0.3 is 0 Å². The first kappa shape index (κ1) is 14.1. The van der Waals surface area contributed by atoms with E-state index in [1.54, 1.807) is 0 Å². The summed E-state index contributed by atoms with van der Waals surface area (Å²) in [6.45, 7) is 8.76. The largest absolute Gasteiger partial charge is 0.284 e. The SMILES string of the molecule is CC(C)(C)c1ccc(C(C#N)N2CCCCC2)cc1. The van der Waals surface area contributed by atoms with Crippen LogP contribution in [0.5, 0.6) is 0 Å². The Morgan fingerprint density at radius 2 is 1.63 bits per heavy atom. The number of nitriles is 1. The zero-order valence-electron chi connectivity index (χ0n) is 12.3. The summed E-state index contributed by atoms with van der Waals surface area (Å²) in [5.41, 5.74) is 2.63. The summed E-state index contributed by atoms with van der Waals surface area (Å²) in [6.07, 6.45) is 3.74. The number of rotatable bonds is 2. The molecule has 1 heterocycles. The number of hydrogen-bond donors (Lipinski definition) is 0. The van der Waals surface area contributed by atoms with Crippen molar-refractivity contribution in [2.24, 2.45) is 0 Å². The van der Waals surface area contributed by atoms with Crippen LogP contribution < -0.4 is 0 Å². The molecule has 0 aliphatic carbocycles. The molecule has 1 aromatic carbocycles. The normalized spacial score (nSPS) is 18.8. The molecule has 0 radical (unpaired) electrons. The van der Waals surface area contributed by atoms with Crippen molar-refractivity contribution in [2.75, 3.05) is 13.1 Å². The van der Waals surface area contributed by atoms with Gasteiger partial charge in [0.1, 0.15) is 6.04 Å². The maximum atomic E-state index is 9.47. The number of nitrogens with zero attached hydrogens (tertiary/aromatic N) is 2. The van der Waals surface area contributed by atoms with E-state index in [9.17, 15) is 5.26 Å². The Kier molecular flexibility index (Phi) is 4.27. The van der Waals surface area contributed by atoms with Gasteiger partial charge in [-0.25, -0.2) is 0 Å². The third kappa shape index (κ3) is 3.36. The molecule has 2 heteroatoms. The van der Waals surface area contributed by atoms with E-state index in [0.29, 0.717) is 0 Å². The molecular weight excluding hydrogens is 232 g/mol. The molecule has 0 aromatic heterocycles. The first-order valence-corrected chi connectivity index (χ1v) is 7.26. The molecule has 0 saturated carbocycles. The van der Waals surface area contributed by atoms with E-state index in [0.717, 1.165) is 18.7 Å². The van der Waals surface area contributed by atoms with E-state index < -0.39 is 0 Å². The smallest absolute Gasteiger partial charge is 0.123 e. The van der Waals surface area contributed by atoms with Gasteiger partial charge in [-0.05, 0) is 42.5 Å². The van der Waals surface area contributed by atoms with E-state index in [2.05, 4.69) is 56.0 Å². The Hall–Kier alpha value is -1.33. The summed E-state index contributed by atoms with van der Waals surface area (Å²) in [5, 5.41) is 9.47. The first-order valence-electron chi connectivity index (χ1n) is 7.26. The van der Waals surface area contributed by atoms with Crippen molar-refractivity contribution in [3.05, 3.63) is 35.4 Å². The Balaban J connectivity index is 2.17. The van der Waals surface area contributed by atoms with Crippen molar-refractivity contribution in [1.82, 2.24) is 4.90 Å². The summed E-state index contributed by atoms with van der Waals surface area (Å²) in [4.78, 5) is 2.32. The average molecular weight is 256 g/mol. The molecule has 2 rings (SSSR count). The first-order chi connectivity index (χ1) is 9.02. The lowest BCUT2D eigenvalue weighted by atomic mass is 9.86. The number of likely N-dealkylation sites (tertiary alicyclic amines) is 1. The maximum Gasteiger partial charge on any atom is 0.123 e. The highest BCUT2D eigenvalue weighted by Gasteiger charge is 2.22. The van der Waals surface area contributed by atoms with Crippen molar-refractivity contribution in [3.8, 4) is 6.07 Å². The zero-order valence-corrected chi connectivity index (χ0v) is 12.3. The third-order valence-corrected chi connectivity index (χ3v) is 3.97. The van der Waals surface area contributed by atoms with Crippen LogP contribution in [-0.2, 0) is 5.41 Å². The van der Waals surface area contributed by atoms with Gasteiger partial charge in [0.05, 0.1) is 6.07 Å². The van der Waals surface area contributed by atoms with Crippen LogP contribution in [0, 0.1) is 11.3 Å². The Bertz CT molecular complexity index is 442. The van der Waals surface area contributed by atoms with E-state index >= 15 is 0 Å². The topological polar surface area (TPSA) is 27.0 Å². The van der Waals surface area contributed by atoms with Crippen LogP contribution in [0.1, 0.15) is 57.2 Å². The molecule has 1 aromatic rings. The van der Waals surface area contributed by atoms with Gasteiger partial charge >= 0.3 is 0 Å². The molecule has 1 aliphatic heterocycles. The predicted molar refractivity (Wildman–Crippen MR) is 78.9 cm³/mol. The minimum atomic E-state index is -0.0747. The van der Waals surface area contributed by atoms with Gasteiger partial charge in [-0.3, -0.25) is 4.90 Å². The van der Waals surface area contributed by atoms with Gasteiger partial charge in [0.15, 0.2) is 0 Å². The summed E-state index contributed by atoms with van der Waals surface area (Å²) in [7, 11) is 0. The van der Waals surface area contributed by atoms with Crippen LogP contribution in [0.25, 0.3) is 0 Å². The standard InChI is InChI=1S/C17H24N2/c1-17(2,3)15-9-7-14(8-10-15)16(13-18)19-11-5-4-6-12-19/h7-10,16H,4-6,11-12H2,1-3H3. The van der Waals surface area contributed by atoms with Crippen LogP contribution in [0.2, 0.25) is 0 Å². The van der Waals surface area contributed by atoms with E-state index in [4.69, 9.17) is 0 Å². The van der Waals surface area contributed by atoms with Gasteiger partial charge in [-0.1, -0.05) is 51.5 Å². The summed E-state index contributed by atoms with van der Waals surface area (Å²) in [5.74, 6) is 0. The fourth-order valence-corrected chi connectivity index (χ4v) is 2.71. The van der Waals surface area contributed by atoms with Gasteiger partial charge in [0.25, 0.3) is 0 Å². The molecule has 2 nitrogen and oxygen atoms in total. The highest BCUT2D eigenvalue weighted by Crippen LogP contribution is 2.27. The highest BCUT2D eigenvalue weighted by atomic mass is 15.2. The van der Waals surface area contributed by atoms with Gasteiger partial charge in [0.2, 0.25) is 0 Å². The van der Waals surface area contributed by atoms with Crippen LogP contribution in [0.3, 0.4) is 0 Å².